The van der Waals surface area contributed by atoms with Gasteiger partial charge in [0.15, 0.2) is 0 Å². The quantitative estimate of drug-likeness (QED) is 0.500. The number of nitrogens with one attached hydrogen (secondary N) is 1. The summed E-state index contributed by atoms with van der Waals surface area (Å²) in [5.41, 5.74) is 1.97. The summed E-state index contributed by atoms with van der Waals surface area (Å²) in [4.78, 5) is 0. The van der Waals surface area contributed by atoms with Crippen LogP contribution in [0.4, 0.5) is 19.0 Å². The maximum atomic E-state index is 13.2. The number of fused-ring (bicyclic) bond motifs is 1. The zero-order valence-corrected chi connectivity index (χ0v) is 16.2. The zero-order chi connectivity index (χ0) is 19.9. The van der Waals surface area contributed by atoms with Crippen molar-refractivity contribution in [3.63, 3.8) is 0 Å². The van der Waals surface area contributed by atoms with Gasteiger partial charge in [0.25, 0.3) is 0 Å². The molecular formula is C20H16Cl2F3N3. The zero-order valence-electron chi connectivity index (χ0n) is 14.7. The lowest BCUT2D eigenvalue weighted by Gasteiger charge is -2.13. The number of benzene rings is 2. The molecule has 1 aliphatic rings. The van der Waals surface area contributed by atoms with Crippen molar-refractivity contribution in [3.05, 3.63) is 63.6 Å². The number of anilines is 1. The van der Waals surface area contributed by atoms with Crippen molar-refractivity contribution in [1.82, 2.24) is 9.78 Å². The smallest absolute Gasteiger partial charge is 0.370 e. The summed E-state index contributed by atoms with van der Waals surface area (Å²) >= 11 is 12.3. The van der Waals surface area contributed by atoms with Gasteiger partial charge in [-0.15, -0.1) is 0 Å². The van der Waals surface area contributed by atoms with Gasteiger partial charge in [0, 0.05) is 22.7 Å². The van der Waals surface area contributed by atoms with Gasteiger partial charge in [-0.1, -0.05) is 35.3 Å². The average Bonchev–Trinajstić information content (AvgIpc) is 2.83. The van der Waals surface area contributed by atoms with E-state index in [4.69, 9.17) is 23.2 Å². The normalized spacial score (nSPS) is 14.3. The molecule has 1 aliphatic heterocycles. The first kappa shape index (κ1) is 19.2. The number of hydrogen-bond donors (Lipinski definition) is 1. The van der Waals surface area contributed by atoms with Gasteiger partial charge < -0.3 is 5.32 Å². The lowest BCUT2D eigenvalue weighted by Crippen LogP contribution is -2.10. The molecule has 146 valence electrons. The summed E-state index contributed by atoms with van der Waals surface area (Å²) in [6.45, 7) is 0.718. The Bertz CT molecular complexity index is 1010. The van der Waals surface area contributed by atoms with E-state index in [0.717, 1.165) is 54.8 Å². The maximum Gasteiger partial charge on any atom is 0.416 e. The molecule has 4 rings (SSSR count). The number of halogens is 5. The highest BCUT2D eigenvalue weighted by Crippen LogP contribution is 2.38. The van der Waals surface area contributed by atoms with Gasteiger partial charge in [-0.25, -0.2) is 4.68 Å². The molecule has 2 heterocycles. The molecule has 2 aromatic carbocycles. The van der Waals surface area contributed by atoms with E-state index < -0.39 is 11.7 Å². The highest BCUT2D eigenvalue weighted by atomic mass is 35.5. The third kappa shape index (κ3) is 3.59. The first-order valence-corrected chi connectivity index (χ1v) is 9.59. The second-order valence-corrected chi connectivity index (χ2v) is 7.49. The summed E-state index contributed by atoms with van der Waals surface area (Å²) in [5, 5.41) is 8.77. The molecule has 0 bridgehead atoms. The van der Waals surface area contributed by atoms with Crippen LogP contribution in [0.15, 0.2) is 42.5 Å². The highest BCUT2D eigenvalue weighted by molar-refractivity contribution is 6.32. The topological polar surface area (TPSA) is 29.9 Å². The van der Waals surface area contributed by atoms with Crippen LogP contribution in [0.3, 0.4) is 0 Å². The van der Waals surface area contributed by atoms with E-state index >= 15 is 0 Å². The molecule has 0 radical (unpaired) electrons. The number of alkyl halides is 3. The molecule has 0 unspecified atom stereocenters. The largest absolute Gasteiger partial charge is 0.416 e. The fourth-order valence-corrected chi connectivity index (χ4v) is 3.69. The van der Waals surface area contributed by atoms with Crippen LogP contribution in [-0.4, -0.2) is 16.3 Å². The minimum atomic E-state index is -4.46. The summed E-state index contributed by atoms with van der Waals surface area (Å²) < 4.78 is 41.2. The van der Waals surface area contributed by atoms with E-state index in [1.165, 1.54) is 10.7 Å². The third-order valence-electron chi connectivity index (χ3n) is 4.75. The van der Waals surface area contributed by atoms with Crippen LogP contribution >= 0.6 is 23.2 Å². The van der Waals surface area contributed by atoms with E-state index in [2.05, 4.69) is 10.4 Å². The Morgan fingerprint density at radius 1 is 1.00 bits per heavy atom. The van der Waals surface area contributed by atoms with Crippen molar-refractivity contribution in [2.75, 3.05) is 11.9 Å². The van der Waals surface area contributed by atoms with Gasteiger partial charge >= 0.3 is 6.18 Å². The van der Waals surface area contributed by atoms with Gasteiger partial charge in [0.2, 0.25) is 0 Å². The Balaban J connectivity index is 1.92. The van der Waals surface area contributed by atoms with Crippen LogP contribution in [0.5, 0.6) is 0 Å². The SMILES string of the molecule is FC(F)(F)c1ccc(Cl)c(-n2nc(-c3ccc(Cl)cc3)c3c2NCCCC3)c1. The van der Waals surface area contributed by atoms with Crippen molar-refractivity contribution in [1.29, 1.82) is 0 Å². The molecule has 0 amide bonds. The van der Waals surface area contributed by atoms with Crippen LogP contribution in [0.1, 0.15) is 24.0 Å². The van der Waals surface area contributed by atoms with Gasteiger partial charge in [-0.2, -0.15) is 18.3 Å². The lowest BCUT2D eigenvalue weighted by atomic mass is 10.0. The van der Waals surface area contributed by atoms with Gasteiger partial charge in [0.1, 0.15) is 5.82 Å². The number of rotatable bonds is 2. The standard InChI is InChI=1S/C20H16Cl2F3N3/c21-14-7-4-12(5-8-14)18-15-3-1-2-10-26-19(15)28(27-18)17-11-13(20(23,24)25)6-9-16(17)22/h4-9,11,26H,1-3,10H2. The van der Waals surface area contributed by atoms with Crippen LogP contribution in [0, 0.1) is 0 Å². The third-order valence-corrected chi connectivity index (χ3v) is 5.32. The molecule has 1 N–H and O–H groups in total. The molecule has 8 heteroatoms. The van der Waals surface area contributed by atoms with Crippen molar-refractivity contribution in [2.24, 2.45) is 0 Å². The molecule has 0 atom stereocenters. The first-order chi connectivity index (χ1) is 13.3. The van der Waals surface area contributed by atoms with Gasteiger partial charge in [-0.05, 0) is 49.6 Å². The Morgan fingerprint density at radius 3 is 2.46 bits per heavy atom. The van der Waals surface area contributed by atoms with E-state index in [9.17, 15) is 13.2 Å². The van der Waals surface area contributed by atoms with Crippen molar-refractivity contribution in [2.45, 2.75) is 25.4 Å². The molecule has 0 saturated carbocycles. The molecule has 3 nitrogen and oxygen atoms in total. The monoisotopic (exact) mass is 425 g/mol. The number of hydrogen-bond acceptors (Lipinski definition) is 2. The molecule has 0 spiro atoms. The van der Waals surface area contributed by atoms with Crippen molar-refractivity contribution >= 4 is 29.0 Å². The molecule has 28 heavy (non-hydrogen) atoms. The Morgan fingerprint density at radius 2 is 1.75 bits per heavy atom. The summed E-state index contributed by atoms with van der Waals surface area (Å²) in [6, 6.07) is 10.5. The van der Waals surface area contributed by atoms with Crippen LogP contribution < -0.4 is 5.32 Å². The minimum absolute atomic E-state index is 0.197. The maximum absolute atomic E-state index is 13.2. The van der Waals surface area contributed by atoms with Crippen LogP contribution in [-0.2, 0) is 12.6 Å². The average molecular weight is 426 g/mol. The van der Waals surface area contributed by atoms with Crippen LogP contribution in [0.2, 0.25) is 10.0 Å². The van der Waals surface area contributed by atoms with Crippen molar-refractivity contribution < 1.29 is 13.2 Å². The number of aromatic nitrogens is 2. The van der Waals surface area contributed by atoms with E-state index in [1.807, 2.05) is 12.1 Å². The second kappa shape index (κ2) is 7.33. The first-order valence-electron chi connectivity index (χ1n) is 8.83. The second-order valence-electron chi connectivity index (χ2n) is 6.64. The van der Waals surface area contributed by atoms with E-state index in [1.54, 1.807) is 12.1 Å². The summed E-state index contributed by atoms with van der Waals surface area (Å²) in [6.07, 6.45) is -1.76. The predicted molar refractivity (Wildman–Crippen MR) is 105 cm³/mol. The Kier molecular flexibility index (Phi) is 5.02. The Labute approximate surface area is 170 Å². The van der Waals surface area contributed by atoms with E-state index in [0.29, 0.717) is 10.8 Å². The van der Waals surface area contributed by atoms with E-state index in [-0.39, 0.29) is 10.7 Å². The molecular weight excluding hydrogens is 410 g/mol. The van der Waals surface area contributed by atoms with Gasteiger partial charge in [0.05, 0.1) is 22.0 Å². The van der Waals surface area contributed by atoms with Crippen molar-refractivity contribution in [3.8, 4) is 16.9 Å². The fraction of sp³-hybridized carbons (Fsp3) is 0.250. The summed E-state index contributed by atoms with van der Waals surface area (Å²) in [7, 11) is 0. The Hall–Kier alpha value is -2.18. The highest BCUT2D eigenvalue weighted by Gasteiger charge is 2.32. The fourth-order valence-electron chi connectivity index (χ4n) is 3.37. The molecule has 0 aliphatic carbocycles. The minimum Gasteiger partial charge on any atom is -0.370 e. The van der Waals surface area contributed by atoms with Crippen LogP contribution in [0.25, 0.3) is 16.9 Å². The lowest BCUT2D eigenvalue weighted by molar-refractivity contribution is -0.137. The molecule has 0 saturated heterocycles. The molecule has 0 fully saturated rings. The summed E-state index contributed by atoms with van der Waals surface area (Å²) in [5.74, 6) is 0.684. The molecule has 3 aromatic rings. The predicted octanol–water partition coefficient (Wildman–Crippen LogP) is 6.61. The van der Waals surface area contributed by atoms with Gasteiger partial charge in [-0.3, -0.25) is 0 Å². The number of nitrogens with zero attached hydrogens (tertiary/aromatic N) is 2. The molecule has 1 aromatic heterocycles.